The van der Waals surface area contributed by atoms with E-state index in [1.165, 1.54) is 17.5 Å². The quantitative estimate of drug-likeness (QED) is 0.173. The second-order valence-corrected chi connectivity index (χ2v) is 12.4. The Kier molecular flexibility index (Phi) is 6.46. The molecule has 6 aromatic rings. The van der Waals surface area contributed by atoms with Crippen molar-refractivity contribution in [1.29, 1.82) is 0 Å². The number of nitrogens with zero attached hydrogens (tertiary/aromatic N) is 5. The van der Waals surface area contributed by atoms with E-state index in [1.54, 1.807) is 11.6 Å². The number of rotatable bonds is 8. The number of fused-ring (bicyclic) bond motifs is 5. The molecule has 15 heteroatoms. The molecule has 2 aliphatic carbocycles. The van der Waals surface area contributed by atoms with E-state index < -0.39 is 65.7 Å². The number of amides is 1. The maximum Gasteiger partial charge on any atom is 0.293 e. The molecule has 1 saturated carbocycles. The highest BCUT2D eigenvalue weighted by Gasteiger charge is 2.67. The van der Waals surface area contributed by atoms with Gasteiger partial charge >= 0.3 is 0 Å². The number of hydrogen-bond acceptors (Lipinski definition) is 6. The second kappa shape index (κ2) is 10.4. The van der Waals surface area contributed by atoms with E-state index in [-0.39, 0.29) is 24.0 Å². The van der Waals surface area contributed by atoms with E-state index in [4.69, 9.17) is 4.98 Å². The van der Waals surface area contributed by atoms with Crippen molar-refractivity contribution in [2.24, 2.45) is 5.92 Å². The maximum atomic E-state index is 15.2. The van der Waals surface area contributed by atoms with Gasteiger partial charge in [-0.1, -0.05) is 6.07 Å². The van der Waals surface area contributed by atoms with Crippen LogP contribution in [0.3, 0.4) is 0 Å². The average molecular weight is 654 g/mol. The van der Waals surface area contributed by atoms with E-state index >= 15 is 8.78 Å². The van der Waals surface area contributed by atoms with Crippen LogP contribution < -0.4 is 5.32 Å². The standard InChI is InChI=1S/C31H21F6N7OS/c32-15-3-13(4-16(33)7-15)5-22(40-25(45)11-44-29-26(28(43-44)30(34)35)18-8-19(18)31(29,36)37)27-17(9-20-23(41-27)10-39-42-20)14-1-2-24-21(6-14)38-12-46-24/h1-4,6-7,9-10,12,18-19,22,30H,5,8,11H2,(H,39,42)(H,40,45)/t18-,19+,22-/m0/s1. The normalized spacial score (nSPS) is 18.7. The molecule has 0 unspecified atom stereocenters. The first kappa shape index (κ1) is 28.7. The van der Waals surface area contributed by atoms with Crippen molar-refractivity contribution >= 4 is 38.5 Å². The number of benzene rings is 2. The number of halogens is 6. The van der Waals surface area contributed by atoms with Crippen molar-refractivity contribution in [3.63, 3.8) is 0 Å². The van der Waals surface area contributed by atoms with Gasteiger partial charge in [0.15, 0.2) is 0 Å². The zero-order chi connectivity index (χ0) is 31.9. The lowest BCUT2D eigenvalue weighted by Gasteiger charge is -2.22. The fourth-order valence-electron chi connectivity index (χ4n) is 6.55. The molecule has 3 atom stereocenters. The lowest BCUT2D eigenvalue weighted by Crippen LogP contribution is -2.35. The Balaban J connectivity index is 1.21. The number of aromatic amines is 1. The summed E-state index contributed by atoms with van der Waals surface area (Å²) in [5.74, 6) is -7.72. The highest BCUT2D eigenvalue weighted by Crippen LogP contribution is 2.68. The molecule has 0 spiro atoms. The molecule has 0 aliphatic heterocycles. The second-order valence-electron chi connectivity index (χ2n) is 11.5. The molecular weight excluding hydrogens is 632 g/mol. The van der Waals surface area contributed by atoms with Gasteiger partial charge in [-0.15, -0.1) is 11.3 Å². The Morgan fingerprint density at radius 3 is 2.67 bits per heavy atom. The van der Waals surface area contributed by atoms with Gasteiger partial charge in [-0.3, -0.25) is 14.6 Å². The number of nitrogens with one attached hydrogen (secondary N) is 2. The van der Waals surface area contributed by atoms with Gasteiger partial charge in [0.25, 0.3) is 12.3 Å². The van der Waals surface area contributed by atoms with Crippen molar-refractivity contribution in [2.45, 2.75) is 43.7 Å². The third-order valence-corrected chi connectivity index (χ3v) is 9.39. The van der Waals surface area contributed by atoms with Gasteiger partial charge < -0.3 is 5.32 Å². The summed E-state index contributed by atoms with van der Waals surface area (Å²) in [6.45, 7) is -0.786. The molecular formula is C31H21F6N7OS. The fraction of sp³-hybridized carbons (Fsp3) is 0.258. The molecule has 0 saturated heterocycles. The SMILES string of the molecule is O=C(Cn1nc(C(F)F)c2c1C(F)(F)[C@@H]1C[C@H]21)N[C@@H](Cc1cc(F)cc(F)c1)c1nc2cn[nH]c2cc1-c1ccc2scnc2c1. The van der Waals surface area contributed by atoms with Crippen LogP contribution in [0.2, 0.25) is 0 Å². The van der Waals surface area contributed by atoms with Crippen LogP contribution in [0, 0.1) is 17.6 Å². The number of pyridine rings is 1. The van der Waals surface area contributed by atoms with E-state index in [9.17, 15) is 22.4 Å². The zero-order valence-electron chi connectivity index (χ0n) is 23.4. The molecule has 46 heavy (non-hydrogen) atoms. The van der Waals surface area contributed by atoms with Gasteiger partial charge in [0, 0.05) is 23.1 Å². The Morgan fingerprint density at radius 2 is 1.89 bits per heavy atom. The van der Waals surface area contributed by atoms with Crippen LogP contribution in [-0.4, -0.2) is 35.9 Å². The molecule has 2 aromatic carbocycles. The molecule has 8 nitrogen and oxygen atoms in total. The van der Waals surface area contributed by atoms with Crippen LogP contribution in [0.4, 0.5) is 26.3 Å². The smallest absolute Gasteiger partial charge is 0.293 e. The predicted octanol–water partition coefficient (Wildman–Crippen LogP) is 6.96. The average Bonchev–Trinajstić information content (AvgIpc) is 3.28. The van der Waals surface area contributed by atoms with Crippen molar-refractivity contribution in [3.05, 3.63) is 94.0 Å². The van der Waals surface area contributed by atoms with Crippen molar-refractivity contribution < 1.29 is 31.1 Å². The number of hydrogen-bond donors (Lipinski definition) is 2. The number of H-pyrrole nitrogens is 1. The summed E-state index contributed by atoms with van der Waals surface area (Å²) < 4.78 is 88.1. The first-order valence-corrected chi connectivity index (χ1v) is 15.1. The lowest BCUT2D eigenvalue weighted by molar-refractivity contribution is -0.123. The third kappa shape index (κ3) is 4.71. The zero-order valence-corrected chi connectivity index (χ0v) is 24.3. The van der Waals surface area contributed by atoms with E-state index in [0.29, 0.717) is 44.1 Å². The van der Waals surface area contributed by atoms with E-state index in [1.807, 2.05) is 18.2 Å². The highest BCUT2D eigenvalue weighted by atomic mass is 32.1. The van der Waals surface area contributed by atoms with E-state index in [2.05, 4.69) is 25.6 Å². The molecule has 0 radical (unpaired) electrons. The topological polar surface area (TPSA) is 101 Å². The minimum absolute atomic E-state index is 0.0848. The van der Waals surface area contributed by atoms with Crippen LogP contribution in [0.1, 0.15) is 53.0 Å². The Bertz CT molecular complexity index is 2160. The molecule has 4 heterocycles. The minimum Gasteiger partial charge on any atom is -0.346 e. The molecule has 1 fully saturated rings. The number of thiazole rings is 1. The first-order chi connectivity index (χ1) is 22.1. The van der Waals surface area contributed by atoms with Crippen LogP contribution in [0.25, 0.3) is 32.4 Å². The molecule has 234 valence electrons. The molecule has 8 rings (SSSR count). The Labute approximate surface area is 259 Å². The van der Waals surface area contributed by atoms with Crippen LogP contribution >= 0.6 is 11.3 Å². The summed E-state index contributed by atoms with van der Waals surface area (Å²) in [5, 5.41) is 13.4. The van der Waals surface area contributed by atoms with Crippen molar-refractivity contribution in [3.8, 4) is 11.1 Å². The van der Waals surface area contributed by atoms with Gasteiger partial charge in [0.05, 0.1) is 39.2 Å². The van der Waals surface area contributed by atoms with Crippen LogP contribution in [0.5, 0.6) is 0 Å². The minimum atomic E-state index is -3.41. The first-order valence-electron chi connectivity index (χ1n) is 14.3. The molecule has 2 aliphatic rings. The Hall–Kier alpha value is -4.79. The van der Waals surface area contributed by atoms with Gasteiger partial charge in [0.1, 0.15) is 35.1 Å². The van der Waals surface area contributed by atoms with Crippen molar-refractivity contribution in [2.75, 3.05) is 0 Å². The number of alkyl halides is 4. The number of carbonyl (C=O) groups is 1. The Morgan fingerprint density at radius 1 is 1.09 bits per heavy atom. The van der Waals surface area contributed by atoms with Crippen LogP contribution in [-0.2, 0) is 23.7 Å². The largest absolute Gasteiger partial charge is 0.346 e. The van der Waals surface area contributed by atoms with Crippen molar-refractivity contribution in [1.82, 2.24) is 35.3 Å². The van der Waals surface area contributed by atoms with Gasteiger partial charge in [-0.25, -0.2) is 27.5 Å². The maximum absolute atomic E-state index is 15.2. The van der Waals surface area contributed by atoms with Crippen LogP contribution in [0.15, 0.2) is 54.2 Å². The summed E-state index contributed by atoms with van der Waals surface area (Å²) in [6.07, 6.45) is -1.68. The van der Waals surface area contributed by atoms with E-state index in [0.717, 1.165) is 16.8 Å². The summed E-state index contributed by atoms with van der Waals surface area (Å²) >= 11 is 1.45. The monoisotopic (exact) mass is 653 g/mol. The van der Waals surface area contributed by atoms with Gasteiger partial charge in [-0.05, 0) is 60.2 Å². The fourth-order valence-corrected chi connectivity index (χ4v) is 7.21. The van der Waals surface area contributed by atoms with Gasteiger partial charge in [-0.2, -0.15) is 19.0 Å². The summed E-state index contributed by atoms with van der Waals surface area (Å²) in [7, 11) is 0. The summed E-state index contributed by atoms with van der Waals surface area (Å²) in [5.41, 5.74) is 3.53. The van der Waals surface area contributed by atoms with Gasteiger partial charge in [0.2, 0.25) is 5.91 Å². The molecule has 0 bridgehead atoms. The summed E-state index contributed by atoms with van der Waals surface area (Å²) in [6, 6.07) is 9.21. The molecule has 4 aromatic heterocycles. The highest BCUT2D eigenvalue weighted by molar-refractivity contribution is 7.16. The summed E-state index contributed by atoms with van der Waals surface area (Å²) in [4.78, 5) is 22.7. The number of carbonyl (C=O) groups excluding carboxylic acids is 1. The lowest BCUT2D eigenvalue weighted by atomic mass is 9.94. The molecule has 1 amide bonds. The third-order valence-electron chi connectivity index (χ3n) is 8.58. The number of aromatic nitrogens is 6. The predicted molar refractivity (Wildman–Crippen MR) is 155 cm³/mol. The molecule has 2 N–H and O–H groups in total.